The summed E-state index contributed by atoms with van der Waals surface area (Å²) in [6.07, 6.45) is 0.439. The van der Waals surface area contributed by atoms with Crippen LogP contribution >= 0.6 is 12.4 Å². The van der Waals surface area contributed by atoms with E-state index in [1.54, 1.807) is 24.0 Å². The van der Waals surface area contributed by atoms with Gasteiger partial charge in [-0.25, -0.2) is 9.59 Å². The number of piperazine rings is 1. The SMILES string of the molecule is CCOC(=O)c1cc2cc(OCC[C@@H]3CN(C(=O)OCc4ccccc4)CCN3)ccc2o1.Cl. The maximum atomic E-state index is 12.4. The third-order valence-electron chi connectivity index (χ3n) is 5.42. The van der Waals surface area contributed by atoms with Crippen LogP contribution in [0, 0.1) is 0 Å². The molecular formula is C25H29ClN2O6. The number of benzene rings is 2. The van der Waals surface area contributed by atoms with Crippen LogP contribution in [-0.2, 0) is 16.1 Å². The van der Waals surface area contributed by atoms with Gasteiger partial charge in [-0.3, -0.25) is 0 Å². The van der Waals surface area contributed by atoms with Crippen molar-refractivity contribution in [2.75, 3.05) is 32.8 Å². The van der Waals surface area contributed by atoms with Gasteiger partial charge in [0, 0.05) is 31.1 Å². The van der Waals surface area contributed by atoms with E-state index < -0.39 is 5.97 Å². The normalized spacial score (nSPS) is 15.4. The van der Waals surface area contributed by atoms with Crippen LogP contribution in [0.4, 0.5) is 4.79 Å². The molecule has 182 valence electrons. The third-order valence-corrected chi connectivity index (χ3v) is 5.42. The molecular weight excluding hydrogens is 460 g/mol. The number of carbonyl (C=O) groups excluding carboxylic acids is 2. The summed E-state index contributed by atoms with van der Waals surface area (Å²) >= 11 is 0. The highest BCUT2D eigenvalue weighted by Gasteiger charge is 2.24. The number of halogens is 1. The summed E-state index contributed by atoms with van der Waals surface area (Å²) in [7, 11) is 0. The molecule has 0 aliphatic carbocycles. The Balaban J connectivity index is 0.00000324. The number of esters is 1. The highest BCUT2D eigenvalue weighted by molar-refractivity contribution is 5.92. The zero-order valence-corrected chi connectivity index (χ0v) is 19.8. The molecule has 0 bridgehead atoms. The van der Waals surface area contributed by atoms with Gasteiger partial charge in [-0.05, 0) is 43.2 Å². The first-order valence-corrected chi connectivity index (χ1v) is 11.1. The molecule has 2 heterocycles. The molecule has 3 aromatic rings. The maximum absolute atomic E-state index is 12.4. The first-order valence-electron chi connectivity index (χ1n) is 11.1. The first-order chi connectivity index (χ1) is 16.1. The third kappa shape index (κ3) is 6.65. The van der Waals surface area contributed by atoms with Gasteiger partial charge in [0.25, 0.3) is 0 Å². The van der Waals surface area contributed by atoms with Gasteiger partial charge in [-0.15, -0.1) is 12.4 Å². The van der Waals surface area contributed by atoms with Gasteiger partial charge < -0.3 is 28.8 Å². The van der Waals surface area contributed by atoms with Gasteiger partial charge >= 0.3 is 12.1 Å². The predicted molar refractivity (Wildman–Crippen MR) is 130 cm³/mol. The van der Waals surface area contributed by atoms with Crippen LogP contribution in [0.2, 0.25) is 0 Å². The Hall–Kier alpha value is -3.23. The second-order valence-electron chi connectivity index (χ2n) is 7.81. The van der Waals surface area contributed by atoms with Crippen molar-refractivity contribution >= 4 is 35.4 Å². The van der Waals surface area contributed by atoms with Crippen LogP contribution in [0.15, 0.2) is 59.0 Å². The van der Waals surface area contributed by atoms with Crippen molar-refractivity contribution in [3.05, 3.63) is 65.9 Å². The Morgan fingerprint density at radius 3 is 2.74 bits per heavy atom. The molecule has 1 aliphatic rings. The van der Waals surface area contributed by atoms with Crippen LogP contribution in [0.3, 0.4) is 0 Å². The highest BCUT2D eigenvalue weighted by Crippen LogP contribution is 2.25. The lowest BCUT2D eigenvalue weighted by Gasteiger charge is -2.33. The summed E-state index contributed by atoms with van der Waals surface area (Å²) in [5.41, 5.74) is 1.57. The van der Waals surface area contributed by atoms with Crippen molar-refractivity contribution < 1.29 is 28.2 Å². The molecule has 34 heavy (non-hydrogen) atoms. The minimum atomic E-state index is -0.480. The van der Waals surface area contributed by atoms with Crippen molar-refractivity contribution in [2.24, 2.45) is 0 Å². The minimum absolute atomic E-state index is 0. The standard InChI is InChI=1S/C25H28N2O6.ClH/c1-2-30-24(28)23-15-19-14-21(8-9-22(19)33-23)31-13-10-20-16-27(12-11-26-20)25(29)32-17-18-6-4-3-5-7-18;/h3-9,14-15,20,26H,2,10-13,16-17H2,1H3;1H/t20-;/m1./s1. The summed E-state index contributed by atoms with van der Waals surface area (Å²) < 4.78 is 21.9. The summed E-state index contributed by atoms with van der Waals surface area (Å²) in [4.78, 5) is 26.0. The van der Waals surface area contributed by atoms with E-state index >= 15 is 0 Å². The molecule has 4 rings (SSSR count). The number of nitrogens with one attached hydrogen (secondary N) is 1. The van der Waals surface area contributed by atoms with Gasteiger partial charge in [0.1, 0.15) is 17.9 Å². The van der Waals surface area contributed by atoms with E-state index in [1.165, 1.54) is 0 Å². The Morgan fingerprint density at radius 2 is 1.94 bits per heavy atom. The van der Waals surface area contributed by atoms with E-state index in [0.29, 0.717) is 44.2 Å². The van der Waals surface area contributed by atoms with Crippen LogP contribution in [0.1, 0.15) is 29.5 Å². The van der Waals surface area contributed by atoms with Gasteiger partial charge in [-0.1, -0.05) is 30.3 Å². The van der Waals surface area contributed by atoms with Gasteiger partial charge in [0.15, 0.2) is 0 Å². The second-order valence-corrected chi connectivity index (χ2v) is 7.81. The lowest BCUT2D eigenvalue weighted by molar-refractivity contribution is 0.0492. The Bertz CT molecular complexity index is 1090. The molecule has 0 unspecified atom stereocenters. The van der Waals surface area contributed by atoms with E-state index in [-0.39, 0.29) is 36.9 Å². The number of rotatable bonds is 8. The van der Waals surface area contributed by atoms with E-state index in [2.05, 4.69) is 5.32 Å². The molecule has 0 radical (unpaired) electrons. The molecule has 1 aliphatic heterocycles. The van der Waals surface area contributed by atoms with Crippen LogP contribution in [0.5, 0.6) is 5.75 Å². The number of carbonyl (C=O) groups is 2. The van der Waals surface area contributed by atoms with Crippen LogP contribution < -0.4 is 10.1 Å². The molecule has 1 aromatic heterocycles. The maximum Gasteiger partial charge on any atom is 0.410 e. The number of fused-ring (bicyclic) bond motifs is 1. The number of furan rings is 1. The van der Waals surface area contributed by atoms with E-state index in [4.69, 9.17) is 18.6 Å². The summed E-state index contributed by atoms with van der Waals surface area (Å²) in [5, 5.41) is 4.20. The van der Waals surface area contributed by atoms with Crippen LogP contribution in [-0.4, -0.2) is 55.9 Å². The fraction of sp³-hybridized carbons (Fsp3) is 0.360. The number of hydrogen-bond donors (Lipinski definition) is 1. The number of amides is 1. The Kier molecular flexibility index (Phi) is 9.18. The zero-order chi connectivity index (χ0) is 23.0. The molecule has 1 N–H and O–H groups in total. The number of hydrogen-bond acceptors (Lipinski definition) is 7. The predicted octanol–water partition coefficient (Wildman–Crippen LogP) is 4.41. The van der Waals surface area contributed by atoms with Crippen LogP contribution in [0.25, 0.3) is 11.0 Å². The Labute approximate surface area is 204 Å². The first kappa shape index (κ1) is 25.4. The van der Waals surface area contributed by atoms with Gasteiger partial charge in [-0.2, -0.15) is 0 Å². The number of nitrogens with zero attached hydrogens (tertiary/aromatic N) is 1. The molecule has 0 saturated carbocycles. The largest absolute Gasteiger partial charge is 0.494 e. The van der Waals surface area contributed by atoms with Gasteiger partial charge in [0.2, 0.25) is 5.76 Å². The van der Waals surface area contributed by atoms with Crippen molar-refractivity contribution in [1.82, 2.24) is 10.2 Å². The molecule has 2 aromatic carbocycles. The molecule has 8 nitrogen and oxygen atoms in total. The average Bonchev–Trinajstić information content (AvgIpc) is 3.27. The van der Waals surface area contributed by atoms with Crippen molar-refractivity contribution in [1.29, 1.82) is 0 Å². The monoisotopic (exact) mass is 488 g/mol. The summed E-state index contributed by atoms with van der Waals surface area (Å²) in [6, 6.07) is 16.8. The lowest BCUT2D eigenvalue weighted by atomic mass is 10.1. The summed E-state index contributed by atoms with van der Waals surface area (Å²) in [5.74, 6) is 0.384. The Morgan fingerprint density at radius 1 is 1.12 bits per heavy atom. The molecule has 1 atom stereocenters. The fourth-order valence-electron chi connectivity index (χ4n) is 3.73. The molecule has 0 spiro atoms. The van der Waals surface area contributed by atoms with Crippen molar-refractivity contribution in [3.63, 3.8) is 0 Å². The smallest absolute Gasteiger partial charge is 0.410 e. The molecule has 1 saturated heterocycles. The minimum Gasteiger partial charge on any atom is -0.494 e. The molecule has 1 amide bonds. The quantitative estimate of drug-likeness (QED) is 0.469. The fourth-order valence-corrected chi connectivity index (χ4v) is 3.73. The highest BCUT2D eigenvalue weighted by atomic mass is 35.5. The summed E-state index contributed by atoms with van der Waals surface area (Å²) in [6.45, 7) is 4.70. The molecule has 9 heteroatoms. The van der Waals surface area contributed by atoms with E-state index in [1.807, 2.05) is 42.5 Å². The zero-order valence-electron chi connectivity index (χ0n) is 19.0. The lowest BCUT2D eigenvalue weighted by Crippen LogP contribution is -2.53. The number of ether oxygens (including phenoxy) is 3. The topological polar surface area (TPSA) is 90.2 Å². The van der Waals surface area contributed by atoms with Crippen molar-refractivity contribution in [2.45, 2.75) is 26.0 Å². The molecule has 1 fully saturated rings. The van der Waals surface area contributed by atoms with E-state index in [0.717, 1.165) is 17.4 Å². The average molecular weight is 489 g/mol. The van der Waals surface area contributed by atoms with Crippen molar-refractivity contribution in [3.8, 4) is 5.75 Å². The van der Waals surface area contributed by atoms with Gasteiger partial charge in [0.05, 0.1) is 13.2 Å². The van der Waals surface area contributed by atoms with E-state index in [9.17, 15) is 9.59 Å². The second kappa shape index (κ2) is 12.3.